The van der Waals surface area contributed by atoms with Crippen LogP contribution in [0.3, 0.4) is 0 Å². The summed E-state index contributed by atoms with van der Waals surface area (Å²) in [6.45, 7) is 2.78. The van der Waals surface area contributed by atoms with Crippen LogP contribution in [0, 0.1) is 5.82 Å². The quantitative estimate of drug-likeness (QED) is 0.869. The van der Waals surface area contributed by atoms with Gasteiger partial charge in [-0.2, -0.15) is 0 Å². The van der Waals surface area contributed by atoms with E-state index in [0.29, 0.717) is 24.3 Å². The average molecular weight is 272 g/mol. The second-order valence-corrected chi connectivity index (χ2v) is 4.54. The number of rotatable bonds is 4. The fourth-order valence-corrected chi connectivity index (χ4v) is 2.05. The summed E-state index contributed by atoms with van der Waals surface area (Å²) < 4.78 is 13.2. The van der Waals surface area contributed by atoms with Crippen molar-refractivity contribution in [2.75, 3.05) is 12.3 Å². The Kier molecular flexibility index (Phi) is 4.35. The van der Waals surface area contributed by atoms with Crippen LogP contribution in [0.2, 0.25) is 0 Å². The second-order valence-electron chi connectivity index (χ2n) is 4.54. The molecule has 0 atom stereocenters. The topological polar surface area (TPSA) is 46.3 Å². The Morgan fingerprint density at radius 2 is 1.95 bits per heavy atom. The van der Waals surface area contributed by atoms with Crippen LogP contribution < -0.4 is 5.73 Å². The number of benzene rings is 2. The summed E-state index contributed by atoms with van der Waals surface area (Å²) in [5.41, 5.74) is 7.51. The highest BCUT2D eigenvalue weighted by atomic mass is 19.1. The first kappa shape index (κ1) is 14.1. The van der Waals surface area contributed by atoms with Crippen molar-refractivity contribution in [3.05, 3.63) is 65.5 Å². The van der Waals surface area contributed by atoms with Crippen LogP contribution in [0.25, 0.3) is 0 Å². The molecule has 0 saturated carbocycles. The number of nitrogen functional groups attached to an aromatic ring is 1. The molecule has 0 spiro atoms. The van der Waals surface area contributed by atoms with E-state index >= 15 is 0 Å². The van der Waals surface area contributed by atoms with Gasteiger partial charge in [0.1, 0.15) is 5.82 Å². The van der Waals surface area contributed by atoms with Crippen LogP contribution in [-0.2, 0) is 6.54 Å². The average Bonchev–Trinajstić information content (AvgIpc) is 2.44. The molecular weight excluding hydrogens is 255 g/mol. The van der Waals surface area contributed by atoms with Crippen molar-refractivity contribution in [2.45, 2.75) is 13.5 Å². The molecule has 2 aromatic carbocycles. The maximum absolute atomic E-state index is 13.2. The number of nitrogens with two attached hydrogens (primary N) is 1. The van der Waals surface area contributed by atoms with Gasteiger partial charge in [-0.25, -0.2) is 4.39 Å². The molecule has 1 amide bonds. The minimum absolute atomic E-state index is 0.144. The Bertz CT molecular complexity index is 613. The van der Waals surface area contributed by atoms with E-state index in [9.17, 15) is 9.18 Å². The lowest BCUT2D eigenvalue weighted by Gasteiger charge is -2.21. The van der Waals surface area contributed by atoms with E-state index in [1.54, 1.807) is 41.3 Å². The molecule has 104 valence electrons. The van der Waals surface area contributed by atoms with E-state index < -0.39 is 0 Å². The molecule has 0 aliphatic carbocycles. The first-order chi connectivity index (χ1) is 9.61. The summed E-state index contributed by atoms with van der Waals surface area (Å²) >= 11 is 0. The van der Waals surface area contributed by atoms with E-state index in [-0.39, 0.29) is 11.7 Å². The number of hydrogen-bond acceptors (Lipinski definition) is 2. The highest BCUT2D eigenvalue weighted by Crippen LogP contribution is 2.16. The Hall–Kier alpha value is -2.36. The number of carbonyl (C=O) groups excluding carboxylic acids is 1. The highest BCUT2D eigenvalue weighted by Gasteiger charge is 2.16. The number of carbonyl (C=O) groups is 1. The van der Waals surface area contributed by atoms with Crippen LogP contribution in [0.4, 0.5) is 10.1 Å². The van der Waals surface area contributed by atoms with Crippen LogP contribution >= 0.6 is 0 Å². The molecular formula is C16H17FN2O. The lowest BCUT2D eigenvalue weighted by molar-refractivity contribution is 0.0753. The van der Waals surface area contributed by atoms with E-state index in [0.717, 1.165) is 5.56 Å². The molecule has 0 aromatic heterocycles. The third-order valence-electron chi connectivity index (χ3n) is 3.12. The zero-order valence-corrected chi connectivity index (χ0v) is 11.3. The Balaban J connectivity index is 2.20. The monoisotopic (exact) mass is 272 g/mol. The molecule has 0 aliphatic rings. The Labute approximate surface area is 117 Å². The van der Waals surface area contributed by atoms with Gasteiger partial charge in [-0.1, -0.05) is 24.3 Å². The molecule has 0 fully saturated rings. The number of anilines is 1. The van der Waals surface area contributed by atoms with Crippen molar-refractivity contribution < 1.29 is 9.18 Å². The van der Waals surface area contributed by atoms with Crippen LogP contribution in [0.5, 0.6) is 0 Å². The van der Waals surface area contributed by atoms with Crippen molar-refractivity contribution in [2.24, 2.45) is 0 Å². The first-order valence-electron chi connectivity index (χ1n) is 6.50. The molecule has 0 radical (unpaired) electrons. The highest BCUT2D eigenvalue weighted by molar-refractivity contribution is 5.99. The van der Waals surface area contributed by atoms with Gasteiger partial charge < -0.3 is 10.6 Å². The Morgan fingerprint density at radius 1 is 1.20 bits per heavy atom. The molecule has 3 nitrogen and oxygen atoms in total. The summed E-state index contributed by atoms with van der Waals surface area (Å²) in [6.07, 6.45) is 0. The minimum Gasteiger partial charge on any atom is -0.398 e. The molecule has 0 unspecified atom stereocenters. The molecule has 0 saturated heterocycles. The summed E-state index contributed by atoms with van der Waals surface area (Å²) in [6, 6.07) is 13.2. The third kappa shape index (κ3) is 3.15. The number of amides is 1. The van der Waals surface area contributed by atoms with E-state index in [2.05, 4.69) is 0 Å². The van der Waals surface area contributed by atoms with Gasteiger partial charge in [0.15, 0.2) is 0 Å². The molecule has 0 heterocycles. The Morgan fingerprint density at radius 3 is 2.60 bits per heavy atom. The fraction of sp³-hybridized carbons (Fsp3) is 0.188. The third-order valence-corrected chi connectivity index (χ3v) is 3.12. The fourth-order valence-electron chi connectivity index (χ4n) is 2.05. The number of nitrogens with zero attached hydrogens (tertiary/aromatic N) is 1. The lowest BCUT2D eigenvalue weighted by Crippen LogP contribution is -2.30. The predicted octanol–water partition coefficient (Wildman–Crippen LogP) is 3.07. The molecule has 20 heavy (non-hydrogen) atoms. The molecule has 2 rings (SSSR count). The van der Waals surface area contributed by atoms with Crippen molar-refractivity contribution >= 4 is 11.6 Å². The van der Waals surface area contributed by atoms with Gasteiger partial charge in [0.25, 0.3) is 5.91 Å². The number of hydrogen-bond donors (Lipinski definition) is 1. The standard InChI is InChI=1S/C16H17FN2O/c1-2-19(11-12-6-5-7-13(17)10-12)16(20)14-8-3-4-9-15(14)18/h3-10H,2,11,18H2,1H3. The van der Waals surface area contributed by atoms with E-state index in [1.807, 2.05) is 6.92 Å². The van der Waals surface area contributed by atoms with Gasteiger partial charge in [-0.05, 0) is 36.8 Å². The molecule has 0 bridgehead atoms. The van der Waals surface area contributed by atoms with Gasteiger partial charge in [0, 0.05) is 18.8 Å². The van der Waals surface area contributed by atoms with Crippen LogP contribution in [0.15, 0.2) is 48.5 Å². The molecule has 4 heteroatoms. The van der Waals surface area contributed by atoms with Gasteiger partial charge in [-0.15, -0.1) is 0 Å². The van der Waals surface area contributed by atoms with E-state index in [4.69, 9.17) is 5.73 Å². The SMILES string of the molecule is CCN(Cc1cccc(F)c1)C(=O)c1ccccc1N. The largest absolute Gasteiger partial charge is 0.398 e. The maximum atomic E-state index is 13.2. The summed E-state index contributed by atoms with van der Waals surface area (Å²) in [4.78, 5) is 14.1. The van der Waals surface area contributed by atoms with Crippen molar-refractivity contribution in [3.63, 3.8) is 0 Å². The predicted molar refractivity (Wildman–Crippen MR) is 77.7 cm³/mol. The smallest absolute Gasteiger partial charge is 0.256 e. The zero-order chi connectivity index (χ0) is 14.5. The lowest BCUT2D eigenvalue weighted by atomic mass is 10.1. The molecule has 0 aliphatic heterocycles. The van der Waals surface area contributed by atoms with Crippen LogP contribution in [0.1, 0.15) is 22.8 Å². The summed E-state index contributed by atoms with van der Waals surface area (Å²) in [5.74, 6) is -0.444. The van der Waals surface area contributed by atoms with Crippen molar-refractivity contribution in [1.82, 2.24) is 4.90 Å². The first-order valence-corrected chi connectivity index (χ1v) is 6.50. The molecule has 2 N–H and O–H groups in total. The van der Waals surface area contributed by atoms with Gasteiger partial charge in [-0.3, -0.25) is 4.79 Å². The van der Waals surface area contributed by atoms with Crippen molar-refractivity contribution in [3.8, 4) is 0 Å². The number of halogens is 1. The van der Waals surface area contributed by atoms with E-state index in [1.165, 1.54) is 12.1 Å². The second kappa shape index (κ2) is 6.19. The van der Waals surface area contributed by atoms with Crippen LogP contribution in [-0.4, -0.2) is 17.4 Å². The maximum Gasteiger partial charge on any atom is 0.256 e. The minimum atomic E-state index is -0.301. The van der Waals surface area contributed by atoms with Gasteiger partial charge >= 0.3 is 0 Å². The van der Waals surface area contributed by atoms with Gasteiger partial charge in [0.2, 0.25) is 0 Å². The normalized spacial score (nSPS) is 10.3. The molecule has 2 aromatic rings. The summed E-state index contributed by atoms with van der Waals surface area (Å²) in [7, 11) is 0. The number of para-hydroxylation sites is 1. The zero-order valence-electron chi connectivity index (χ0n) is 11.3. The summed E-state index contributed by atoms with van der Waals surface area (Å²) in [5, 5.41) is 0. The van der Waals surface area contributed by atoms with Crippen molar-refractivity contribution in [1.29, 1.82) is 0 Å². The van der Waals surface area contributed by atoms with Gasteiger partial charge in [0.05, 0.1) is 5.56 Å².